The molecule has 3 unspecified atom stereocenters. The zero-order chi connectivity index (χ0) is 12.3. The van der Waals surface area contributed by atoms with Crippen molar-refractivity contribution in [2.24, 2.45) is 0 Å². The number of hydrogen-bond acceptors (Lipinski definition) is 4. The molecule has 0 radical (unpaired) electrons. The first-order valence-electron chi connectivity index (χ1n) is 6.82. The maximum atomic E-state index is 9.90. The summed E-state index contributed by atoms with van der Waals surface area (Å²) in [6.45, 7) is 6.01. The van der Waals surface area contributed by atoms with Crippen LogP contribution in [0.2, 0.25) is 0 Å². The van der Waals surface area contributed by atoms with E-state index in [2.05, 4.69) is 22.8 Å². The van der Waals surface area contributed by atoms with Gasteiger partial charge in [-0.05, 0) is 25.7 Å². The number of hydrogen-bond donors (Lipinski definition) is 1. The minimum absolute atomic E-state index is 0.0747. The Morgan fingerprint density at radius 2 is 2.00 bits per heavy atom. The molecular formula is C13H23N3O. The van der Waals surface area contributed by atoms with Crippen molar-refractivity contribution >= 4 is 0 Å². The molecule has 4 nitrogen and oxygen atoms in total. The molecule has 2 rings (SSSR count). The monoisotopic (exact) mass is 237 g/mol. The van der Waals surface area contributed by atoms with Gasteiger partial charge in [-0.2, -0.15) is 5.26 Å². The summed E-state index contributed by atoms with van der Waals surface area (Å²) in [4.78, 5) is 4.69. The largest absolute Gasteiger partial charge is 0.391 e. The number of nitrogens with zero attached hydrogens (tertiary/aromatic N) is 3. The van der Waals surface area contributed by atoms with E-state index < -0.39 is 0 Å². The normalized spacial score (nSPS) is 33.5. The summed E-state index contributed by atoms with van der Waals surface area (Å²) in [6, 6.07) is 2.82. The van der Waals surface area contributed by atoms with E-state index in [1.54, 1.807) is 0 Å². The van der Waals surface area contributed by atoms with Gasteiger partial charge in [-0.1, -0.05) is 6.92 Å². The quantitative estimate of drug-likeness (QED) is 0.789. The van der Waals surface area contributed by atoms with Crippen molar-refractivity contribution in [3.05, 3.63) is 0 Å². The second-order valence-corrected chi connectivity index (χ2v) is 5.19. The minimum atomic E-state index is -0.125. The van der Waals surface area contributed by atoms with Gasteiger partial charge in [0.1, 0.15) is 0 Å². The second kappa shape index (κ2) is 5.81. The third-order valence-corrected chi connectivity index (χ3v) is 4.24. The molecule has 96 valence electrons. The molecular weight excluding hydrogens is 214 g/mol. The molecule has 0 aromatic carbocycles. The smallest absolute Gasteiger partial charge is 0.0976 e. The van der Waals surface area contributed by atoms with Crippen molar-refractivity contribution in [1.29, 1.82) is 5.26 Å². The van der Waals surface area contributed by atoms with E-state index in [-0.39, 0.29) is 12.1 Å². The molecule has 1 saturated carbocycles. The van der Waals surface area contributed by atoms with Gasteiger partial charge in [0.25, 0.3) is 0 Å². The van der Waals surface area contributed by atoms with Gasteiger partial charge < -0.3 is 5.11 Å². The predicted molar refractivity (Wildman–Crippen MR) is 66.5 cm³/mol. The first-order chi connectivity index (χ1) is 8.26. The molecule has 2 fully saturated rings. The van der Waals surface area contributed by atoms with Crippen LogP contribution in [0.3, 0.4) is 0 Å². The van der Waals surface area contributed by atoms with Crippen LogP contribution in [0.1, 0.15) is 32.6 Å². The van der Waals surface area contributed by atoms with Crippen LogP contribution < -0.4 is 0 Å². The lowest BCUT2D eigenvalue weighted by Gasteiger charge is -2.40. The van der Waals surface area contributed by atoms with Crippen LogP contribution in [-0.4, -0.2) is 59.3 Å². The van der Waals surface area contributed by atoms with E-state index >= 15 is 0 Å². The van der Waals surface area contributed by atoms with Crippen LogP contribution in [-0.2, 0) is 0 Å². The highest BCUT2D eigenvalue weighted by molar-refractivity contribution is 4.94. The standard InChI is InChI=1S/C13H23N3O/c1-2-11(10-14)15-6-8-16(9-7-15)12-4-3-5-13(12)17/h11-13,17H,2-9H2,1H3. The predicted octanol–water partition coefficient (Wildman–Crippen LogP) is 0.820. The summed E-state index contributed by atoms with van der Waals surface area (Å²) >= 11 is 0. The van der Waals surface area contributed by atoms with Crippen LogP contribution in [0.25, 0.3) is 0 Å². The maximum absolute atomic E-state index is 9.90. The number of aliphatic hydroxyl groups excluding tert-OH is 1. The molecule has 4 heteroatoms. The zero-order valence-electron chi connectivity index (χ0n) is 10.7. The van der Waals surface area contributed by atoms with Gasteiger partial charge in [0.15, 0.2) is 0 Å². The summed E-state index contributed by atoms with van der Waals surface area (Å²) < 4.78 is 0. The molecule has 2 aliphatic rings. The van der Waals surface area contributed by atoms with Gasteiger partial charge in [0, 0.05) is 32.2 Å². The van der Waals surface area contributed by atoms with Crippen LogP contribution in [0.4, 0.5) is 0 Å². The number of piperazine rings is 1. The molecule has 3 atom stereocenters. The van der Waals surface area contributed by atoms with E-state index in [0.717, 1.165) is 51.9 Å². The topological polar surface area (TPSA) is 50.5 Å². The van der Waals surface area contributed by atoms with E-state index in [0.29, 0.717) is 6.04 Å². The Balaban J connectivity index is 1.84. The summed E-state index contributed by atoms with van der Waals surface area (Å²) in [5.74, 6) is 0. The van der Waals surface area contributed by atoms with Crippen molar-refractivity contribution in [3.63, 3.8) is 0 Å². The summed E-state index contributed by atoms with van der Waals surface area (Å²) in [5.41, 5.74) is 0. The number of rotatable bonds is 3. The Morgan fingerprint density at radius 3 is 2.47 bits per heavy atom. The summed E-state index contributed by atoms with van der Waals surface area (Å²) in [5, 5.41) is 19.0. The lowest BCUT2D eigenvalue weighted by atomic mass is 10.1. The first kappa shape index (κ1) is 12.8. The number of nitriles is 1. The molecule has 17 heavy (non-hydrogen) atoms. The van der Waals surface area contributed by atoms with Crippen molar-refractivity contribution in [3.8, 4) is 6.07 Å². The van der Waals surface area contributed by atoms with Crippen LogP contribution in [0.15, 0.2) is 0 Å². The van der Waals surface area contributed by atoms with Crippen molar-refractivity contribution < 1.29 is 5.11 Å². The van der Waals surface area contributed by atoms with Crippen molar-refractivity contribution in [2.45, 2.75) is 50.8 Å². The fraction of sp³-hybridized carbons (Fsp3) is 0.923. The van der Waals surface area contributed by atoms with Crippen molar-refractivity contribution in [1.82, 2.24) is 9.80 Å². The van der Waals surface area contributed by atoms with Gasteiger partial charge in [0.05, 0.1) is 18.2 Å². The third-order valence-electron chi connectivity index (χ3n) is 4.24. The lowest BCUT2D eigenvalue weighted by molar-refractivity contribution is 0.0293. The molecule has 0 spiro atoms. The van der Waals surface area contributed by atoms with Gasteiger partial charge in [0.2, 0.25) is 0 Å². The average molecular weight is 237 g/mol. The Kier molecular flexibility index (Phi) is 4.38. The molecule has 1 aliphatic heterocycles. The highest BCUT2D eigenvalue weighted by Crippen LogP contribution is 2.25. The first-order valence-corrected chi connectivity index (χ1v) is 6.82. The fourth-order valence-electron chi connectivity index (χ4n) is 3.16. The van der Waals surface area contributed by atoms with Crippen LogP contribution in [0, 0.1) is 11.3 Å². The molecule has 0 aromatic rings. The summed E-state index contributed by atoms with van der Waals surface area (Å²) in [6.07, 6.45) is 4.03. The Hall–Kier alpha value is -0.630. The summed E-state index contributed by atoms with van der Waals surface area (Å²) in [7, 11) is 0. The number of aliphatic hydroxyl groups is 1. The van der Waals surface area contributed by atoms with E-state index in [1.165, 1.54) is 0 Å². The molecule has 1 saturated heterocycles. The van der Waals surface area contributed by atoms with Gasteiger partial charge in [-0.15, -0.1) is 0 Å². The van der Waals surface area contributed by atoms with E-state index in [1.807, 2.05) is 0 Å². The Labute approximate surface area is 104 Å². The second-order valence-electron chi connectivity index (χ2n) is 5.19. The fourth-order valence-corrected chi connectivity index (χ4v) is 3.16. The molecule has 1 heterocycles. The molecule has 1 aliphatic carbocycles. The van der Waals surface area contributed by atoms with Gasteiger partial charge in [-0.25, -0.2) is 0 Å². The SMILES string of the molecule is CCC(C#N)N1CCN(C2CCCC2O)CC1. The zero-order valence-corrected chi connectivity index (χ0v) is 10.7. The van der Waals surface area contributed by atoms with Gasteiger partial charge >= 0.3 is 0 Å². The highest BCUT2D eigenvalue weighted by atomic mass is 16.3. The van der Waals surface area contributed by atoms with Crippen molar-refractivity contribution in [2.75, 3.05) is 26.2 Å². The molecule has 0 amide bonds. The van der Waals surface area contributed by atoms with E-state index in [9.17, 15) is 5.11 Å². The Morgan fingerprint density at radius 1 is 1.29 bits per heavy atom. The average Bonchev–Trinajstić information content (AvgIpc) is 2.78. The Bertz CT molecular complexity index is 281. The van der Waals surface area contributed by atoms with Crippen LogP contribution >= 0.6 is 0 Å². The molecule has 1 N–H and O–H groups in total. The lowest BCUT2D eigenvalue weighted by Crippen LogP contribution is -2.54. The minimum Gasteiger partial charge on any atom is -0.391 e. The maximum Gasteiger partial charge on any atom is 0.0976 e. The highest BCUT2D eigenvalue weighted by Gasteiger charge is 2.33. The van der Waals surface area contributed by atoms with Crippen LogP contribution in [0.5, 0.6) is 0 Å². The van der Waals surface area contributed by atoms with Gasteiger partial charge in [-0.3, -0.25) is 9.80 Å². The van der Waals surface area contributed by atoms with E-state index in [4.69, 9.17) is 5.26 Å². The molecule has 0 bridgehead atoms. The molecule has 0 aromatic heterocycles. The third kappa shape index (κ3) is 2.79.